The van der Waals surface area contributed by atoms with Crippen molar-refractivity contribution in [1.82, 2.24) is 9.38 Å². The second-order valence-corrected chi connectivity index (χ2v) is 15.5. The molecule has 2 nitrogen and oxygen atoms in total. The fraction of sp³-hybridized carbons (Fsp3) is 0. The molecule has 0 fully saturated rings. The molecule has 4 heteroatoms. The number of nitrogens with zero attached hydrogens (tertiary/aromatic N) is 2. The number of aromatic nitrogens is 2. The quantitative estimate of drug-likeness (QED) is 0.152. The van der Waals surface area contributed by atoms with Crippen LogP contribution in [0.25, 0.3) is 59.9 Å². The third-order valence-electron chi connectivity index (χ3n) is 8.82. The molecule has 0 aliphatic heterocycles. The van der Waals surface area contributed by atoms with Crippen molar-refractivity contribution in [3.05, 3.63) is 152 Å². The number of para-hydroxylation sites is 2. The Morgan fingerprint density at radius 3 is 1.98 bits per heavy atom. The fourth-order valence-electron chi connectivity index (χ4n) is 6.83. The Balaban J connectivity index is 1.40. The molecule has 0 saturated heterocycles. The summed E-state index contributed by atoms with van der Waals surface area (Å²) in [5.74, 6) is 0. The van der Waals surface area contributed by atoms with Crippen LogP contribution in [-0.2, 0) is 11.8 Å². The van der Waals surface area contributed by atoms with Crippen molar-refractivity contribution in [1.29, 1.82) is 0 Å². The van der Waals surface area contributed by atoms with Crippen molar-refractivity contribution in [2.45, 2.75) is 0 Å². The minimum atomic E-state index is -2.51. The number of imidazole rings is 1. The van der Waals surface area contributed by atoms with Crippen LogP contribution in [0.1, 0.15) is 0 Å². The molecule has 2 aromatic heterocycles. The Morgan fingerprint density at radius 2 is 1.12 bits per heavy atom. The number of hydrogen-bond donors (Lipinski definition) is 0. The maximum atomic E-state index is 6.95. The third kappa shape index (κ3) is 3.53. The highest BCUT2D eigenvalue weighted by Crippen LogP contribution is 2.46. The van der Waals surface area contributed by atoms with Crippen molar-refractivity contribution in [2.75, 3.05) is 0 Å². The Kier molecular flexibility index (Phi) is 5.38. The molecule has 202 valence electrons. The molecular weight excluding hydrogens is 559 g/mol. The van der Waals surface area contributed by atoms with E-state index < -0.39 is 6.04 Å². The zero-order valence-corrected chi connectivity index (χ0v) is 24.9. The first-order valence-corrected chi connectivity index (χ1v) is 17.3. The summed E-state index contributed by atoms with van der Waals surface area (Å²) >= 11 is 6.95. The predicted octanol–water partition coefficient (Wildman–Crippen LogP) is 8.86. The van der Waals surface area contributed by atoms with Gasteiger partial charge in [-0.15, -0.1) is 0 Å². The normalized spacial score (nSPS) is 13.4. The van der Waals surface area contributed by atoms with Gasteiger partial charge in [-0.1, -0.05) is 145 Å². The SMILES string of the molecule is S=P(c1ccccc1)(c1ccc2c(ccc3ccccc32)c1)c1cccc2c1nc1c3ccccc3c3ccccc3n21. The van der Waals surface area contributed by atoms with Crippen LogP contribution in [0, 0.1) is 0 Å². The first-order chi connectivity index (χ1) is 21.2. The van der Waals surface area contributed by atoms with Crippen LogP contribution in [0.3, 0.4) is 0 Å². The van der Waals surface area contributed by atoms with E-state index >= 15 is 0 Å². The van der Waals surface area contributed by atoms with Crippen LogP contribution < -0.4 is 15.9 Å². The molecule has 1 atom stereocenters. The summed E-state index contributed by atoms with van der Waals surface area (Å²) in [5.41, 5.74) is 4.19. The topological polar surface area (TPSA) is 17.3 Å². The van der Waals surface area contributed by atoms with E-state index in [4.69, 9.17) is 16.8 Å². The van der Waals surface area contributed by atoms with Crippen LogP contribution >= 0.6 is 6.04 Å². The van der Waals surface area contributed by atoms with Crippen LogP contribution in [0.5, 0.6) is 0 Å². The van der Waals surface area contributed by atoms with Gasteiger partial charge in [-0.25, -0.2) is 4.98 Å². The van der Waals surface area contributed by atoms with Crippen molar-refractivity contribution in [3.63, 3.8) is 0 Å². The molecule has 1 unspecified atom stereocenters. The highest BCUT2D eigenvalue weighted by molar-refractivity contribution is 8.25. The highest BCUT2D eigenvalue weighted by Gasteiger charge is 2.29. The maximum absolute atomic E-state index is 6.95. The smallest absolute Gasteiger partial charge is 0.146 e. The van der Waals surface area contributed by atoms with Crippen molar-refractivity contribution >= 4 is 93.7 Å². The Morgan fingerprint density at radius 1 is 0.465 bits per heavy atom. The van der Waals surface area contributed by atoms with E-state index in [-0.39, 0.29) is 0 Å². The van der Waals surface area contributed by atoms with E-state index in [0.717, 1.165) is 32.9 Å². The Hall–Kier alpha value is -4.82. The van der Waals surface area contributed by atoms with Gasteiger partial charge in [-0.05, 0) is 55.7 Å². The second-order valence-electron chi connectivity index (χ2n) is 11.1. The Bertz CT molecular complexity index is 2600. The van der Waals surface area contributed by atoms with Gasteiger partial charge in [0.1, 0.15) is 5.65 Å². The first-order valence-electron chi connectivity index (χ1n) is 14.5. The average Bonchev–Trinajstić information content (AvgIpc) is 3.48. The lowest BCUT2D eigenvalue weighted by atomic mass is 10.0. The molecule has 43 heavy (non-hydrogen) atoms. The monoisotopic (exact) mass is 584 g/mol. The zero-order valence-electron chi connectivity index (χ0n) is 23.2. The highest BCUT2D eigenvalue weighted by atomic mass is 32.4. The molecule has 9 rings (SSSR count). The van der Waals surface area contributed by atoms with Gasteiger partial charge in [0.05, 0.1) is 16.6 Å². The van der Waals surface area contributed by atoms with Crippen molar-refractivity contribution in [3.8, 4) is 0 Å². The van der Waals surface area contributed by atoms with Crippen molar-refractivity contribution < 1.29 is 0 Å². The van der Waals surface area contributed by atoms with E-state index in [1.165, 1.54) is 42.9 Å². The zero-order chi connectivity index (χ0) is 28.5. The summed E-state index contributed by atoms with van der Waals surface area (Å²) in [6.07, 6.45) is 0. The lowest BCUT2D eigenvalue weighted by Crippen LogP contribution is -2.25. The van der Waals surface area contributed by atoms with E-state index in [1.807, 2.05) is 0 Å². The van der Waals surface area contributed by atoms with Gasteiger partial charge in [0.15, 0.2) is 0 Å². The number of hydrogen-bond acceptors (Lipinski definition) is 2. The number of benzene rings is 7. The van der Waals surface area contributed by atoms with E-state index in [2.05, 4.69) is 156 Å². The van der Waals surface area contributed by atoms with Gasteiger partial charge in [0, 0.05) is 22.1 Å². The molecule has 0 amide bonds. The van der Waals surface area contributed by atoms with Crippen LogP contribution in [-0.4, -0.2) is 9.38 Å². The summed E-state index contributed by atoms with van der Waals surface area (Å²) in [5, 5.41) is 12.0. The minimum absolute atomic E-state index is 0.969. The van der Waals surface area contributed by atoms with Gasteiger partial charge < -0.3 is 0 Å². The summed E-state index contributed by atoms with van der Waals surface area (Å²) in [6.45, 7) is 0. The average molecular weight is 585 g/mol. The molecule has 0 aliphatic rings. The minimum Gasteiger partial charge on any atom is -0.292 e. The van der Waals surface area contributed by atoms with E-state index in [1.54, 1.807) is 0 Å². The summed E-state index contributed by atoms with van der Waals surface area (Å²) < 4.78 is 2.33. The number of rotatable bonds is 3. The molecule has 0 saturated carbocycles. The summed E-state index contributed by atoms with van der Waals surface area (Å²) in [6, 6.07) is 51.9. The van der Waals surface area contributed by atoms with E-state index in [9.17, 15) is 0 Å². The summed E-state index contributed by atoms with van der Waals surface area (Å²) in [7, 11) is 0. The maximum Gasteiger partial charge on any atom is 0.146 e. The molecule has 0 radical (unpaired) electrons. The van der Waals surface area contributed by atoms with Crippen LogP contribution in [0.15, 0.2) is 152 Å². The van der Waals surface area contributed by atoms with Crippen LogP contribution in [0.2, 0.25) is 0 Å². The fourth-order valence-corrected chi connectivity index (χ4v) is 10.8. The molecule has 9 aromatic rings. The van der Waals surface area contributed by atoms with E-state index in [0.29, 0.717) is 0 Å². The predicted molar refractivity (Wildman–Crippen MR) is 189 cm³/mol. The molecule has 0 aliphatic carbocycles. The summed E-state index contributed by atoms with van der Waals surface area (Å²) in [4.78, 5) is 5.44. The lowest BCUT2D eigenvalue weighted by Gasteiger charge is -2.25. The van der Waals surface area contributed by atoms with Crippen LogP contribution in [0.4, 0.5) is 0 Å². The van der Waals surface area contributed by atoms with Gasteiger partial charge in [-0.3, -0.25) is 4.40 Å². The third-order valence-corrected chi connectivity index (χ3v) is 13.7. The molecule has 0 spiro atoms. The van der Waals surface area contributed by atoms with Gasteiger partial charge >= 0.3 is 0 Å². The lowest BCUT2D eigenvalue weighted by molar-refractivity contribution is 1.31. The van der Waals surface area contributed by atoms with Crippen molar-refractivity contribution in [2.24, 2.45) is 0 Å². The molecule has 2 heterocycles. The Labute approximate surface area is 253 Å². The van der Waals surface area contributed by atoms with Gasteiger partial charge in [-0.2, -0.15) is 0 Å². The van der Waals surface area contributed by atoms with Gasteiger partial charge in [0.25, 0.3) is 0 Å². The largest absolute Gasteiger partial charge is 0.292 e. The first kappa shape index (κ1) is 24.7. The number of pyridine rings is 1. The number of fused-ring (bicyclic) bond motifs is 11. The van der Waals surface area contributed by atoms with Gasteiger partial charge in [0.2, 0.25) is 0 Å². The molecule has 7 aromatic carbocycles. The molecular formula is C39H25N2PS. The standard InChI is InChI=1S/C39H25N2PS/c43-42(28-12-2-1-3-13-28,29-23-24-31-27(25-29)22-21-26-11-4-5-14-30(26)31)37-20-10-19-36-38(37)40-39-34-17-7-6-15-32(34)33-16-8-9-18-35(33)41(36)39/h1-25H. The second kappa shape index (κ2) is 9.34. The molecule has 0 N–H and O–H groups in total. The molecule has 0 bridgehead atoms.